The molecule has 3 fully saturated rings. The van der Waals surface area contributed by atoms with Gasteiger partial charge in [0.15, 0.2) is 0 Å². The summed E-state index contributed by atoms with van der Waals surface area (Å²) < 4.78 is 10.0. The van der Waals surface area contributed by atoms with E-state index in [9.17, 15) is 24.3 Å². The predicted octanol–water partition coefficient (Wildman–Crippen LogP) is 2.15. The smallest absolute Gasteiger partial charge is 0.404 e. The van der Waals surface area contributed by atoms with Gasteiger partial charge in [0.25, 0.3) is 11.6 Å². The molecule has 3 heterocycles. The number of hydrogen-bond acceptors (Lipinski definition) is 10. The zero-order chi connectivity index (χ0) is 30.1. The Bertz CT molecular complexity index is 1120. The molecule has 0 spiro atoms. The molecule has 12 nitrogen and oxygen atoms in total. The van der Waals surface area contributed by atoms with E-state index >= 15 is 0 Å². The van der Waals surface area contributed by atoms with E-state index in [-0.39, 0.29) is 30.1 Å². The van der Waals surface area contributed by atoms with Crippen molar-refractivity contribution < 1.29 is 33.8 Å². The lowest BCUT2D eigenvalue weighted by Crippen LogP contribution is -2.80. The minimum Gasteiger partial charge on any atom is -0.477 e. The maximum Gasteiger partial charge on any atom is 0.404 e. The second kappa shape index (κ2) is 15.2. The lowest BCUT2D eigenvalue weighted by Gasteiger charge is -2.55. The second-order valence-electron chi connectivity index (χ2n) is 10.8. The van der Waals surface area contributed by atoms with Crippen LogP contribution in [0.4, 0.5) is 4.79 Å². The SMILES string of the molecule is C1CCC(NCCNC2CCCC2)C1.CO[C@@]1(NC(=O)Cc2cccs2)C(=O)N2C(C(=O)O)=C(COC(N)=O)CS[C@@H]21. The van der Waals surface area contributed by atoms with Crippen molar-refractivity contribution in [1.29, 1.82) is 0 Å². The third-order valence-corrected chi connectivity index (χ3v) is 10.2. The van der Waals surface area contributed by atoms with Crippen LogP contribution in [0.5, 0.6) is 0 Å². The van der Waals surface area contributed by atoms with E-state index in [0.29, 0.717) is 0 Å². The third-order valence-electron chi connectivity index (χ3n) is 7.96. The van der Waals surface area contributed by atoms with Gasteiger partial charge in [0.1, 0.15) is 17.7 Å². The van der Waals surface area contributed by atoms with Gasteiger partial charge in [0.05, 0.1) is 6.42 Å². The van der Waals surface area contributed by atoms with E-state index in [1.807, 2.05) is 11.4 Å². The van der Waals surface area contributed by atoms with E-state index in [1.54, 1.807) is 6.07 Å². The van der Waals surface area contributed by atoms with E-state index < -0.39 is 35.0 Å². The summed E-state index contributed by atoms with van der Waals surface area (Å²) in [5, 5.41) is 20.5. The van der Waals surface area contributed by atoms with Crippen LogP contribution in [-0.2, 0) is 30.3 Å². The van der Waals surface area contributed by atoms with Gasteiger partial charge in [-0.3, -0.25) is 14.5 Å². The molecule has 2 aliphatic heterocycles. The average molecular weight is 624 g/mol. The summed E-state index contributed by atoms with van der Waals surface area (Å²) in [5.74, 6) is -2.31. The number of nitrogens with one attached hydrogen (secondary N) is 3. The number of ether oxygens (including phenoxy) is 2. The monoisotopic (exact) mass is 623 g/mol. The summed E-state index contributed by atoms with van der Waals surface area (Å²) in [5.41, 5.74) is 3.20. The van der Waals surface area contributed by atoms with Crippen LogP contribution in [0.25, 0.3) is 0 Å². The number of nitrogens with two attached hydrogens (primary N) is 1. The van der Waals surface area contributed by atoms with Crippen LogP contribution in [0.15, 0.2) is 28.8 Å². The summed E-state index contributed by atoms with van der Waals surface area (Å²) in [6.07, 6.45) is 10.4. The van der Waals surface area contributed by atoms with Crippen molar-refractivity contribution in [2.45, 2.75) is 81.0 Å². The number of carboxylic acids is 1. The topological polar surface area (TPSA) is 172 Å². The maximum atomic E-state index is 12.8. The number of fused-ring (bicyclic) bond motifs is 1. The zero-order valence-electron chi connectivity index (χ0n) is 23.9. The highest BCUT2D eigenvalue weighted by atomic mass is 32.2. The predicted molar refractivity (Wildman–Crippen MR) is 160 cm³/mol. The van der Waals surface area contributed by atoms with Gasteiger partial charge < -0.3 is 36.3 Å². The van der Waals surface area contributed by atoms with E-state index in [4.69, 9.17) is 10.5 Å². The molecule has 2 aliphatic carbocycles. The molecule has 6 N–H and O–H groups in total. The second-order valence-corrected chi connectivity index (χ2v) is 12.9. The Morgan fingerprint density at radius 3 is 2.21 bits per heavy atom. The number of rotatable bonds is 12. The number of amides is 3. The molecule has 0 bridgehead atoms. The molecule has 4 aliphatic rings. The van der Waals surface area contributed by atoms with Crippen molar-refractivity contribution in [3.05, 3.63) is 33.7 Å². The van der Waals surface area contributed by atoms with Gasteiger partial charge in [-0.05, 0) is 37.1 Å². The van der Waals surface area contributed by atoms with Gasteiger partial charge in [0.2, 0.25) is 5.91 Å². The average Bonchev–Trinajstić information content (AvgIpc) is 3.77. The quantitative estimate of drug-likeness (QED) is 0.132. The molecule has 14 heteroatoms. The van der Waals surface area contributed by atoms with E-state index in [2.05, 4.69) is 20.7 Å². The van der Waals surface area contributed by atoms with Crippen LogP contribution in [0.1, 0.15) is 56.2 Å². The standard InChI is InChI=1S/C16H17N3O7S2.C12H24N2/c1-25-16(18-10(20)5-9-3-2-4-27-9)13(23)19-11(12(21)22)8(6-26-15(17)24)7-28-14(16)19;1-2-6-11(5-1)13-9-10-14-12-7-3-4-8-12/h2-4,14H,5-7H2,1H3,(H2,17,24)(H,18,20)(H,21,22);11-14H,1-10H2/t14-,16+;/m1./s1. The van der Waals surface area contributed by atoms with Crippen LogP contribution in [0.3, 0.4) is 0 Å². The number of carbonyl (C=O) groups is 4. The number of carboxylic acid groups (broad SMARTS) is 1. The van der Waals surface area contributed by atoms with Crippen molar-refractivity contribution >= 4 is 47.0 Å². The molecule has 232 valence electrons. The van der Waals surface area contributed by atoms with Crippen LogP contribution in [0, 0.1) is 0 Å². The van der Waals surface area contributed by atoms with Gasteiger partial charge in [-0.2, -0.15) is 0 Å². The molecule has 1 saturated heterocycles. The first-order valence-electron chi connectivity index (χ1n) is 14.4. The van der Waals surface area contributed by atoms with Gasteiger partial charge in [-0.15, -0.1) is 23.1 Å². The maximum absolute atomic E-state index is 12.8. The number of aliphatic carboxylic acids is 1. The Morgan fingerprint density at radius 1 is 1.10 bits per heavy atom. The largest absolute Gasteiger partial charge is 0.477 e. The van der Waals surface area contributed by atoms with Crippen molar-refractivity contribution in [3.63, 3.8) is 0 Å². The molecule has 0 unspecified atom stereocenters. The van der Waals surface area contributed by atoms with E-state index in [0.717, 1.165) is 21.9 Å². The minimum atomic E-state index is -1.66. The number of hydrogen-bond donors (Lipinski definition) is 5. The van der Waals surface area contributed by atoms with Crippen molar-refractivity contribution in [1.82, 2.24) is 20.9 Å². The molecular weight excluding hydrogens is 582 g/mol. The van der Waals surface area contributed by atoms with Crippen LogP contribution >= 0.6 is 23.1 Å². The highest BCUT2D eigenvalue weighted by Gasteiger charge is 2.66. The number of β-lactam (4-membered cyclic amide) rings is 1. The molecule has 42 heavy (non-hydrogen) atoms. The summed E-state index contributed by atoms with van der Waals surface area (Å²) in [6.45, 7) is 1.99. The molecular formula is C28H41N5O7S2. The van der Waals surface area contributed by atoms with Crippen molar-refractivity contribution in [2.24, 2.45) is 5.73 Å². The minimum absolute atomic E-state index is 0.0762. The number of primary amides is 1. The summed E-state index contributed by atoms with van der Waals surface area (Å²) in [4.78, 5) is 49.6. The molecule has 5 rings (SSSR count). The Balaban J connectivity index is 0.000000241. The first-order chi connectivity index (χ1) is 20.2. The summed E-state index contributed by atoms with van der Waals surface area (Å²) in [7, 11) is 1.27. The zero-order valence-corrected chi connectivity index (χ0v) is 25.5. The molecule has 0 aromatic carbocycles. The van der Waals surface area contributed by atoms with Gasteiger partial charge in [-0.25, -0.2) is 9.59 Å². The Hall–Kier alpha value is -2.65. The molecule has 1 aromatic heterocycles. The van der Waals surface area contributed by atoms with Crippen LogP contribution in [0.2, 0.25) is 0 Å². The molecule has 0 radical (unpaired) electrons. The summed E-state index contributed by atoms with van der Waals surface area (Å²) in [6, 6.07) is 5.27. The van der Waals surface area contributed by atoms with Gasteiger partial charge in [-0.1, -0.05) is 31.7 Å². The normalized spacial score (nSPS) is 24.1. The molecule has 2 saturated carbocycles. The molecule has 1 aromatic rings. The number of carbonyl (C=O) groups excluding carboxylic acids is 3. The van der Waals surface area contributed by atoms with E-state index in [1.165, 1.54) is 94.7 Å². The summed E-state index contributed by atoms with van der Waals surface area (Å²) >= 11 is 2.60. The van der Waals surface area contributed by atoms with Gasteiger partial charge >= 0.3 is 12.1 Å². The lowest BCUT2D eigenvalue weighted by molar-refractivity contribution is -0.192. The fourth-order valence-electron chi connectivity index (χ4n) is 5.85. The highest BCUT2D eigenvalue weighted by molar-refractivity contribution is 8.00. The van der Waals surface area contributed by atoms with Crippen molar-refractivity contribution in [3.8, 4) is 0 Å². The van der Waals surface area contributed by atoms with Crippen molar-refractivity contribution in [2.75, 3.05) is 32.6 Å². The lowest BCUT2D eigenvalue weighted by atomic mass is 9.98. The number of thiophene rings is 1. The third kappa shape index (κ3) is 7.84. The fourth-order valence-corrected chi connectivity index (χ4v) is 7.97. The van der Waals surface area contributed by atoms with Crippen LogP contribution in [-0.4, -0.2) is 89.6 Å². The Kier molecular flexibility index (Phi) is 11.7. The Labute approximate surface area is 254 Å². The first kappa shape index (κ1) is 32.3. The number of nitrogens with zero attached hydrogens (tertiary/aromatic N) is 1. The highest BCUT2D eigenvalue weighted by Crippen LogP contribution is 2.46. The molecule has 3 amide bonds. The number of methoxy groups -OCH3 is 1. The number of thioether (sulfide) groups is 1. The van der Waals surface area contributed by atoms with Crippen LogP contribution < -0.4 is 21.7 Å². The Morgan fingerprint density at radius 2 is 1.71 bits per heavy atom. The van der Waals surface area contributed by atoms with Gasteiger partial charge in [0, 0.05) is 48.5 Å². The molecule has 2 atom stereocenters. The fraction of sp³-hybridized carbons (Fsp3) is 0.643. The first-order valence-corrected chi connectivity index (χ1v) is 16.4.